The molecule has 1 fully saturated rings. The van der Waals surface area contributed by atoms with Gasteiger partial charge in [-0.3, -0.25) is 9.48 Å². The van der Waals surface area contributed by atoms with Gasteiger partial charge in [0.2, 0.25) is 5.91 Å². The van der Waals surface area contributed by atoms with Gasteiger partial charge in [0.05, 0.1) is 0 Å². The topological polar surface area (TPSA) is 59.0 Å². The van der Waals surface area contributed by atoms with Gasteiger partial charge >= 0.3 is 0 Å². The van der Waals surface area contributed by atoms with Gasteiger partial charge in [-0.25, -0.2) is 0 Å². The molecule has 1 atom stereocenters. The van der Waals surface area contributed by atoms with Crippen molar-refractivity contribution in [3.8, 4) is 0 Å². The van der Waals surface area contributed by atoms with Crippen LogP contribution in [0.5, 0.6) is 0 Å². The van der Waals surface area contributed by atoms with Crippen molar-refractivity contribution in [2.24, 2.45) is 0 Å². The highest BCUT2D eigenvalue weighted by Crippen LogP contribution is 1.98. The molecule has 5 heteroatoms. The summed E-state index contributed by atoms with van der Waals surface area (Å²) in [5.41, 5.74) is 0. The number of carbonyl (C=O) groups is 1. The Labute approximate surface area is 88.8 Å². The van der Waals surface area contributed by atoms with Crippen LogP contribution in [0.15, 0.2) is 18.5 Å². The van der Waals surface area contributed by atoms with Crippen molar-refractivity contribution < 1.29 is 4.79 Å². The van der Waals surface area contributed by atoms with Crippen LogP contribution in [0.1, 0.15) is 12.8 Å². The molecule has 2 rings (SSSR count). The summed E-state index contributed by atoms with van der Waals surface area (Å²) in [7, 11) is 0. The zero-order chi connectivity index (χ0) is 10.5. The summed E-state index contributed by atoms with van der Waals surface area (Å²) < 4.78 is 1.77. The Morgan fingerprint density at radius 3 is 3.27 bits per heavy atom. The lowest BCUT2D eigenvalue weighted by atomic mass is 10.2. The Balaban J connectivity index is 1.68. The lowest BCUT2D eigenvalue weighted by molar-refractivity contribution is -0.121. The van der Waals surface area contributed by atoms with E-state index in [-0.39, 0.29) is 5.91 Å². The summed E-state index contributed by atoms with van der Waals surface area (Å²) >= 11 is 0. The number of nitrogens with zero attached hydrogens (tertiary/aromatic N) is 2. The molecule has 15 heavy (non-hydrogen) atoms. The molecule has 1 saturated heterocycles. The third-order valence-corrected chi connectivity index (χ3v) is 2.55. The molecule has 2 heterocycles. The average molecular weight is 208 g/mol. The molecule has 1 aromatic heterocycles. The minimum atomic E-state index is 0.110. The molecule has 1 unspecified atom stereocenters. The molecule has 1 aliphatic heterocycles. The third kappa shape index (κ3) is 3.06. The molecule has 82 valence electrons. The minimum Gasteiger partial charge on any atom is -0.352 e. The van der Waals surface area contributed by atoms with Gasteiger partial charge in [-0.15, -0.1) is 0 Å². The molecule has 2 N–H and O–H groups in total. The Morgan fingerprint density at radius 1 is 1.67 bits per heavy atom. The van der Waals surface area contributed by atoms with E-state index in [9.17, 15) is 4.79 Å². The van der Waals surface area contributed by atoms with Crippen LogP contribution in [0.4, 0.5) is 0 Å². The van der Waals surface area contributed by atoms with Crippen LogP contribution in [0.25, 0.3) is 0 Å². The largest absolute Gasteiger partial charge is 0.352 e. The fraction of sp³-hybridized carbons (Fsp3) is 0.600. The molecule has 0 aliphatic carbocycles. The van der Waals surface area contributed by atoms with E-state index in [0.29, 0.717) is 19.0 Å². The first-order valence-corrected chi connectivity index (χ1v) is 5.32. The van der Waals surface area contributed by atoms with E-state index >= 15 is 0 Å². The van der Waals surface area contributed by atoms with Crippen molar-refractivity contribution in [2.45, 2.75) is 25.4 Å². The van der Waals surface area contributed by atoms with Gasteiger partial charge < -0.3 is 10.6 Å². The van der Waals surface area contributed by atoms with Crippen molar-refractivity contribution in [3.05, 3.63) is 18.5 Å². The van der Waals surface area contributed by atoms with E-state index in [1.54, 1.807) is 10.9 Å². The third-order valence-electron chi connectivity index (χ3n) is 2.55. The Hall–Kier alpha value is -1.36. The average Bonchev–Trinajstić information content (AvgIpc) is 2.86. The summed E-state index contributed by atoms with van der Waals surface area (Å²) in [6, 6.07) is 2.17. The Kier molecular flexibility index (Phi) is 3.34. The molecular weight excluding hydrogens is 192 g/mol. The summed E-state index contributed by atoms with van der Waals surface area (Å²) in [6.45, 7) is 2.55. The summed E-state index contributed by atoms with van der Waals surface area (Å²) in [6.07, 6.45) is 5.12. The number of hydrogen-bond donors (Lipinski definition) is 2. The number of aryl methyl sites for hydroxylation is 1. The van der Waals surface area contributed by atoms with Crippen LogP contribution in [-0.2, 0) is 11.3 Å². The molecule has 5 nitrogen and oxygen atoms in total. The number of carbonyl (C=O) groups excluding carboxylic acids is 1. The first kappa shape index (κ1) is 10.2. The minimum absolute atomic E-state index is 0.110. The zero-order valence-corrected chi connectivity index (χ0v) is 8.65. The maximum absolute atomic E-state index is 11.5. The summed E-state index contributed by atoms with van der Waals surface area (Å²) in [4.78, 5) is 11.5. The van der Waals surface area contributed by atoms with E-state index in [4.69, 9.17) is 0 Å². The van der Waals surface area contributed by atoms with Crippen molar-refractivity contribution >= 4 is 5.91 Å². The maximum Gasteiger partial charge on any atom is 0.222 e. The van der Waals surface area contributed by atoms with Gasteiger partial charge in [0, 0.05) is 37.9 Å². The first-order chi connectivity index (χ1) is 7.34. The Morgan fingerprint density at radius 2 is 2.60 bits per heavy atom. The number of hydrogen-bond acceptors (Lipinski definition) is 3. The molecule has 1 aromatic rings. The van der Waals surface area contributed by atoms with Gasteiger partial charge in [-0.05, 0) is 19.0 Å². The van der Waals surface area contributed by atoms with Crippen molar-refractivity contribution in [2.75, 3.05) is 13.1 Å². The van der Waals surface area contributed by atoms with Crippen molar-refractivity contribution in [1.82, 2.24) is 20.4 Å². The zero-order valence-electron chi connectivity index (χ0n) is 8.65. The highest BCUT2D eigenvalue weighted by atomic mass is 16.1. The van der Waals surface area contributed by atoms with Crippen molar-refractivity contribution in [1.29, 1.82) is 0 Å². The fourth-order valence-electron chi connectivity index (χ4n) is 1.73. The first-order valence-electron chi connectivity index (χ1n) is 5.32. The van der Waals surface area contributed by atoms with Gasteiger partial charge in [0.15, 0.2) is 0 Å². The molecule has 0 radical (unpaired) electrons. The van der Waals surface area contributed by atoms with Crippen LogP contribution in [0.2, 0.25) is 0 Å². The quantitative estimate of drug-likeness (QED) is 0.717. The highest BCUT2D eigenvalue weighted by molar-refractivity contribution is 5.76. The number of rotatable bonds is 4. The summed E-state index contributed by atoms with van der Waals surface area (Å²) in [5, 5.41) is 10.3. The lowest BCUT2D eigenvalue weighted by Crippen LogP contribution is -2.36. The predicted octanol–water partition coefficient (Wildman–Crippen LogP) is -0.249. The molecule has 1 amide bonds. The van der Waals surface area contributed by atoms with E-state index in [1.165, 1.54) is 0 Å². The van der Waals surface area contributed by atoms with Crippen LogP contribution in [0, 0.1) is 0 Å². The molecule has 0 spiro atoms. The smallest absolute Gasteiger partial charge is 0.222 e. The van der Waals surface area contributed by atoms with Crippen LogP contribution in [-0.4, -0.2) is 34.8 Å². The number of aromatic nitrogens is 2. The molecule has 0 aromatic carbocycles. The van der Waals surface area contributed by atoms with Crippen LogP contribution < -0.4 is 10.6 Å². The predicted molar refractivity (Wildman–Crippen MR) is 56.3 cm³/mol. The number of amides is 1. The second-order valence-electron chi connectivity index (χ2n) is 3.78. The standard InChI is InChI=1S/C10H16N4O/c15-10(13-9-2-5-11-8-9)3-7-14-6-1-4-12-14/h1,4,6,9,11H,2-3,5,7-8H2,(H,13,15). The Bertz CT molecular complexity index is 303. The monoisotopic (exact) mass is 208 g/mol. The van der Waals surface area contributed by atoms with Crippen LogP contribution >= 0.6 is 0 Å². The van der Waals surface area contributed by atoms with Gasteiger partial charge in [0.25, 0.3) is 0 Å². The molecule has 0 saturated carbocycles. The van der Waals surface area contributed by atoms with E-state index in [0.717, 1.165) is 19.5 Å². The highest BCUT2D eigenvalue weighted by Gasteiger charge is 2.16. The van der Waals surface area contributed by atoms with Crippen LogP contribution in [0.3, 0.4) is 0 Å². The van der Waals surface area contributed by atoms with E-state index in [1.807, 2.05) is 12.3 Å². The summed E-state index contributed by atoms with van der Waals surface area (Å²) in [5.74, 6) is 0.110. The second kappa shape index (κ2) is 4.93. The van der Waals surface area contributed by atoms with E-state index < -0.39 is 0 Å². The van der Waals surface area contributed by atoms with Gasteiger partial charge in [-0.2, -0.15) is 5.10 Å². The maximum atomic E-state index is 11.5. The molecular formula is C10H16N4O. The molecule has 1 aliphatic rings. The number of nitrogens with one attached hydrogen (secondary N) is 2. The van der Waals surface area contributed by atoms with Gasteiger partial charge in [-0.1, -0.05) is 0 Å². The molecule has 0 bridgehead atoms. The normalized spacial score (nSPS) is 20.4. The fourth-order valence-corrected chi connectivity index (χ4v) is 1.73. The lowest BCUT2D eigenvalue weighted by Gasteiger charge is -2.10. The SMILES string of the molecule is O=C(CCn1cccn1)NC1CCNC1. The second-order valence-corrected chi connectivity index (χ2v) is 3.78. The van der Waals surface area contributed by atoms with Gasteiger partial charge in [0.1, 0.15) is 0 Å². The van der Waals surface area contributed by atoms with Crippen molar-refractivity contribution in [3.63, 3.8) is 0 Å². The van der Waals surface area contributed by atoms with E-state index in [2.05, 4.69) is 15.7 Å².